The molecule has 0 unspecified atom stereocenters. The Kier molecular flexibility index (Phi) is 6.15. The van der Waals surface area contributed by atoms with Gasteiger partial charge in [-0.1, -0.05) is 25.0 Å². The van der Waals surface area contributed by atoms with E-state index in [1.165, 1.54) is 56.3 Å². The summed E-state index contributed by atoms with van der Waals surface area (Å²) in [5.74, 6) is 7.82. The maximum atomic E-state index is 12.3. The molecule has 0 aromatic heterocycles. The predicted molar refractivity (Wildman–Crippen MR) is 112 cm³/mol. The number of carbonyl (C=O) groups is 2. The van der Waals surface area contributed by atoms with E-state index in [1.54, 1.807) is 12.1 Å². The van der Waals surface area contributed by atoms with Gasteiger partial charge in [0.15, 0.2) is 0 Å². The number of imide groups is 1. The first-order chi connectivity index (χ1) is 13.5. The molecule has 29 heavy (non-hydrogen) atoms. The first-order valence-corrected chi connectivity index (χ1v) is 10.6. The third-order valence-corrected chi connectivity index (χ3v) is 7.75. The summed E-state index contributed by atoms with van der Waals surface area (Å²) in [7, 11) is 0. The van der Waals surface area contributed by atoms with E-state index in [4.69, 9.17) is 5.73 Å². The number of hydrogen-bond acceptors (Lipinski definition) is 5. The van der Waals surface area contributed by atoms with Crippen molar-refractivity contribution in [2.24, 2.45) is 28.2 Å². The van der Waals surface area contributed by atoms with Crippen LogP contribution in [0.4, 0.5) is 0 Å². The molecule has 6 rings (SSSR count). The highest BCUT2D eigenvalue weighted by molar-refractivity contribution is 6.21. The van der Waals surface area contributed by atoms with E-state index in [-0.39, 0.29) is 23.3 Å². The van der Waals surface area contributed by atoms with E-state index in [9.17, 15) is 9.59 Å². The van der Waals surface area contributed by atoms with Gasteiger partial charge >= 0.3 is 0 Å². The number of carbonyl (C=O) groups excluding carboxylic acids is 2. The SMILES string of the molecule is NC1CC2(CCC2)C1.NN.O.O=C1c2ccccc2C(=O)N1C1CC2(CCC2)C1. The van der Waals surface area contributed by atoms with Crippen LogP contribution in [-0.2, 0) is 0 Å². The molecule has 2 spiro atoms. The minimum Gasteiger partial charge on any atom is -0.412 e. The third-order valence-electron chi connectivity index (χ3n) is 7.75. The number of benzene rings is 1. The Hall–Kier alpha value is -1.80. The summed E-state index contributed by atoms with van der Waals surface area (Å²) in [5, 5.41) is 0. The van der Waals surface area contributed by atoms with Gasteiger partial charge in [0.25, 0.3) is 11.8 Å². The van der Waals surface area contributed by atoms with Crippen molar-refractivity contribution in [2.45, 2.75) is 76.3 Å². The van der Waals surface area contributed by atoms with Crippen molar-refractivity contribution in [3.8, 4) is 0 Å². The second-order valence-corrected chi connectivity index (χ2v) is 9.46. The quantitative estimate of drug-likeness (QED) is 0.373. The van der Waals surface area contributed by atoms with Gasteiger partial charge in [-0.05, 0) is 74.3 Å². The second-order valence-electron chi connectivity index (χ2n) is 9.46. The van der Waals surface area contributed by atoms with Gasteiger partial charge < -0.3 is 11.2 Å². The van der Waals surface area contributed by atoms with Crippen molar-refractivity contribution >= 4 is 11.8 Å². The lowest BCUT2D eigenvalue weighted by Gasteiger charge is -2.55. The summed E-state index contributed by atoms with van der Waals surface area (Å²) in [6.45, 7) is 0. The Morgan fingerprint density at radius 3 is 1.52 bits per heavy atom. The van der Waals surface area contributed by atoms with Gasteiger partial charge in [-0.2, -0.15) is 0 Å². The summed E-state index contributed by atoms with van der Waals surface area (Å²) >= 11 is 0. The molecule has 1 aromatic carbocycles. The zero-order chi connectivity index (χ0) is 19.9. The summed E-state index contributed by atoms with van der Waals surface area (Å²) in [6.07, 6.45) is 13.0. The van der Waals surface area contributed by atoms with Crippen LogP contribution in [-0.4, -0.2) is 34.3 Å². The number of rotatable bonds is 1. The maximum Gasteiger partial charge on any atom is 0.261 e. The van der Waals surface area contributed by atoms with Crippen LogP contribution < -0.4 is 17.4 Å². The first kappa shape index (κ1) is 21.9. The third kappa shape index (κ3) is 3.61. The maximum absolute atomic E-state index is 12.3. The molecular weight excluding hydrogens is 368 g/mol. The minimum atomic E-state index is -0.0882. The molecule has 160 valence electrons. The lowest BCUT2D eigenvalue weighted by Crippen LogP contribution is -2.55. The molecule has 1 heterocycles. The number of hydrogen-bond donors (Lipinski definition) is 3. The minimum absolute atomic E-state index is 0. The van der Waals surface area contributed by atoms with Gasteiger partial charge in [0, 0.05) is 12.1 Å². The highest BCUT2D eigenvalue weighted by Crippen LogP contribution is 2.58. The van der Waals surface area contributed by atoms with Crippen LogP contribution in [0.3, 0.4) is 0 Å². The summed E-state index contributed by atoms with van der Waals surface area (Å²) in [4.78, 5) is 26.0. The van der Waals surface area contributed by atoms with Crippen LogP contribution in [0.2, 0.25) is 0 Å². The Bertz CT molecular complexity index is 722. The highest BCUT2D eigenvalue weighted by Gasteiger charge is 2.54. The molecule has 0 radical (unpaired) electrons. The van der Waals surface area contributed by atoms with Crippen LogP contribution in [0.1, 0.15) is 84.9 Å². The molecule has 4 saturated carbocycles. The van der Waals surface area contributed by atoms with Crippen LogP contribution in [0.25, 0.3) is 0 Å². The number of amides is 2. The van der Waals surface area contributed by atoms with E-state index in [0.29, 0.717) is 22.6 Å². The number of nitrogens with two attached hydrogens (primary N) is 3. The van der Waals surface area contributed by atoms with Crippen LogP contribution in [0, 0.1) is 10.8 Å². The van der Waals surface area contributed by atoms with Gasteiger partial charge in [0.2, 0.25) is 0 Å². The van der Waals surface area contributed by atoms with Gasteiger partial charge in [-0.3, -0.25) is 26.2 Å². The van der Waals surface area contributed by atoms with E-state index in [0.717, 1.165) is 18.3 Å². The molecule has 0 atom stereocenters. The standard InChI is InChI=1S/C15H15NO2.C7H13N.H4N2.H2O/c17-13-11-4-1-2-5-12(11)14(18)16(13)10-8-15(9-10)6-3-7-15;8-6-4-7(5-6)2-1-3-7;1-2;/h1-2,4-5,10H,3,6-9H2;6H,1-5,8H2;1-2H2;1H2. The van der Waals surface area contributed by atoms with Crippen molar-refractivity contribution in [1.29, 1.82) is 0 Å². The van der Waals surface area contributed by atoms with Crippen LogP contribution in [0.15, 0.2) is 24.3 Å². The van der Waals surface area contributed by atoms with E-state index in [2.05, 4.69) is 11.7 Å². The molecule has 1 aliphatic heterocycles. The normalized spacial score (nSPS) is 27.0. The Morgan fingerprint density at radius 1 is 0.793 bits per heavy atom. The van der Waals surface area contributed by atoms with Crippen molar-refractivity contribution in [1.82, 2.24) is 4.90 Å². The van der Waals surface area contributed by atoms with Crippen LogP contribution in [0.5, 0.6) is 0 Å². The van der Waals surface area contributed by atoms with Gasteiger partial charge in [0.05, 0.1) is 11.1 Å². The average molecular weight is 403 g/mol. The molecule has 7 heteroatoms. The largest absolute Gasteiger partial charge is 0.412 e. The molecule has 5 aliphatic rings. The number of hydrazine groups is 1. The van der Waals surface area contributed by atoms with E-state index in [1.807, 2.05) is 12.1 Å². The average Bonchev–Trinajstić information content (AvgIpc) is 2.83. The molecule has 0 saturated heterocycles. The fourth-order valence-electron chi connectivity index (χ4n) is 5.88. The zero-order valence-corrected chi connectivity index (χ0v) is 17.0. The molecule has 4 fully saturated rings. The topological polar surface area (TPSA) is 147 Å². The molecule has 8 N–H and O–H groups in total. The van der Waals surface area contributed by atoms with Gasteiger partial charge in [-0.25, -0.2) is 0 Å². The van der Waals surface area contributed by atoms with E-state index >= 15 is 0 Å². The number of nitrogens with zero attached hydrogens (tertiary/aromatic N) is 1. The molecule has 0 bridgehead atoms. The Morgan fingerprint density at radius 2 is 1.21 bits per heavy atom. The fraction of sp³-hybridized carbons (Fsp3) is 0.636. The van der Waals surface area contributed by atoms with Gasteiger partial charge in [-0.15, -0.1) is 0 Å². The smallest absolute Gasteiger partial charge is 0.261 e. The zero-order valence-electron chi connectivity index (χ0n) is 17.0. The van der Waals surface area contributed by atoms with Crippen LogP contribution >= 0.6 is 0 Å². The lowest BCUT2D eigenvalue weighted by atomic mass is 9.54. The van der Waals surface area contributed by atoms with Gasteiger partial charge in [0.1, 0.15) is 0 Å². The summed E-state index contributed by atoms with van der Waals surface area (Å²) < 4.78 is 0. The fourth-order valence-corrected chi connectivity index (χ4v) is 5.88. The van der Waals surface area contributed by atoms with Crippen molar-refractivity contribution in [3.05, 3.63) is 35.4 Å². The highest BCUT2D eigenvalue weighted by atomic mass is 16.2. The van der Waals surface area contributed by atoms with E-state index < -0.39 is 0 Å². The predicted octanol–water partition coefficient (Wildman–Crippen LogP) is 1.89. The Labute approximate surface area is 172 Å². The summed E-state index contributed by atoms with van der Waals surface area (Å²) in [5.41, 5.74) is 8.10. The second kappa shape index (κ2) is 8.14. The molecular formula is C22H34N4O3. The Balaban J connectivity index is 0.000000184. The first-order valence-electron chi connectivity index (χ1n) is 10.6. The van der Waals surface area contributed by atoms with Crippen molar-refractivity contribution in [3.63, 3.8) is 0 Å². The summed E-state index contributed by atoms with van der Waals surface area (Å²) in [6, 6.07) is 7.87. The number of fused-ring (bicyclic) bond motifs is 1. The van der Waals surface area contributed by atoms with Crippen molar-refractivity contribution < 1.29 is 15.1 Å². The molecule has 7 nitrogen and oxygen atoms in total. The molecule has 2 amide bonds. The molecule has 4 aliphatic carbocycles. The van der Waals surface area contributed by atoms with Crippen molar-refractivity contribution in [2.75, 3.05) is 0 Å². The lowest BCUT2D eigenvalue weighted by molar-refractivity contribution is -0.0365. The molecule has 1 aromatic rings. The monoisotopic (exact) mass is 402 g/mol.